The van der Waals surface area contributed by atoms with Gasteiger partial charge >= 0.3 is 0 Å². The second-order valence-electron chi connectivity index (χ2n) is 7.77. The lowest BCUT2D eigenvalue weighted by Gasteiger charge is -2.39. The van der Waals surface area contributed by atoms with E-state index in [0.717, 1.165) is 31.5 Å². The van der Waals surface area contributed by atoms with E-state index in [-0.39, 0.29) is 6.29 Å². The van der Waals surface area contributed by atoms with Crippen LogP contribution in [0.2, 0.25) is 0 Å². The van der Waals surface area contributed by atoms with Crippen LogP contribution in [0.1, 0.15) is 39.3 Å². The van der Waals surface area contributed by atoms with E-state index in [4.69, 9.17) is 9.47 Å². The fraction of sp³-hybridized carbons (Fsp3) is 0.652. The number of aromatic nitrogens is 1. The van der Waals surface area contributed by atoms with E-state index >= 15 is 0 Å². The summed E-state index contributed by atoms with van der Waals surface area (Å²) < 4.78 is 13.9. The number of hydrogen-bond acceptors (Lipinski definition) is 3. The second kappa shape index (κ2) is 9.72. The van der Waals surface area contributed by atoms with Crippen LogP contribution < -0.4 is 0 Å². The number of ether oxygens (including phenoxy) is 2. The molecule has 27 heavy (non-hydrogen) atoms. The first kappa shape index (κ1) is 20.4. The van der Waals surface area contributed by atoms with Gasteiger partial charge in [-0.2, -0.15) is 0 Å². The van der Waals surface area contributed by atoms with E-state index < -0.39 is 0 Å². The Bertz CT molecular complexity index is 705. The third-order valence-corrected chi connectivity index (χ3v) is 6.13. The lowest BCUT2D eigenvalue weighted by Crippen LogP contribution is -2.45. The van der Waals surface area contributed by atoms with Gasteiger partial charge in [0, 0.05) is 44.6 Å². The summed E-state index contributed by atoms with van der Waals surface area (Å²) in [6.45, 7) is 11.0. The number of aryl methyl sites for hydroxylation is 1. The highest BCUT2D eigenvalue weighted by molar-refractivity contribution is 5.81. The van der Waals surface area contributed by atoms with Crippen molar-refractivity contribution in [3.05, 3.63) is 36.0 Å². The summed E-state index contributed by atoms with van der Waals surface area (Å²) in [5.74, 6) is 1.49. The predicted molar refractivity (Wildman–Crippen MR) is 112 cm³/mol. The number of nitrogens with zero attached hydrogens (tertiary/aromatic N) is 2. The van der Waals surface area contributed by atoms with Gasteiger partial charge < -0.3 is 14.0 Å². The van der Waals surface area contributed by atoms with E-state index in [1.807, 2.05) is 13.8 Å². The molecule has 1 saturated heterocycles. The molecule has 1 aromatic heterocycles. The van der Waals surface area contributed by atoms with Crippen molar-refractivity contribution >= 4 is 10.9 Å². The molecule has 4 nitrogen and oxygen atoms in total. The van der Waals surface area contributed by atoms with Gasteiger partial charge in [-0.1, -0.05) is 31.5 Å². The largest absolute Gasteiger partial charge is 0.352 e. The summed E-state index contributed by atoms with van der Waals surface area (Å²) in [5.41, 5.74) is 2.81. The van der Waals surface area contributed by atoms with E-state index in [1.54, 1.807) is 0 Å². The van der Waals surface area contributed by atoms with Crippen LogP contribution in [0.5, 0.6) is 0 Å². The van der Waals surface area contributed by atoms with E-state index in [9.17, 15) is 0 Å². The molecule has 4 heteroatoms. The van der Waals surface area contributed by atoms with Gasteiger partial charge in [0.1, 0.15) is 0 Å². The summed E-state index contributed by atoms with van der Waals surface area (Å²) in [6.07, 6.45) is 3.58. The molecule has 1 aliphatic heterocycles. The Morgan fingerprint density at radius 3 is 2.48 bits per heavy atom. The molecule has 0 N–H and O–H groups in total. The molecule has 0 spiro atoms. The number of piperidine rings is 1. The maximum atomic E-state index is 5.76. The Morgan fingerprint density at radius 2 is 1.81 bits per heavy atom. The van der Waals surface area contributed by atoms with Crippen LogP contribution in [0, 0.1) is 11.8 Å². The number of hydrogen-bond donors (Lipinski definition) is 0. The lowest BCUT2D eigenvalue weighted by molar-refractivity contribution is -0.150. The molecule has 0 amide bonds. The van der Waals surface area contributed by atoms with Gasteiger partial charge in [-0.3, -0.25) is 4.90 Å². The van der Waals surface area contributed by atoms with Crippen LogP contribution in [0.15, 0.2) is 30.3 Å². The van der Waals surface area contributed by atoms with Crippen molar-refractivity contribution < 1.29 is 9.47 Å². The molecule has 1 aliphatic rings. The average molecular weight is 373 g/mol. The van der Waals surface area contributed by atoms with Crippen molar-refractivity contribution in [1.82, 2.24) is 9.47 Å². The predicted octanol–water partition coefficient (Wildman–Crippen LogP) is 4.47. The molecule has 0 aliphatic carbocycles. The zero-order valence-corrected chi connectivity index (χ0v) is 17.5. The minimum absolute atomic E-state index is 0.0905. The zero-order valence-electron chi connectivity index (χ0n) is 17.5. The molecule has 3 rings (SSSR count). The van der Waals surface area contributed by atoms with Gasteiger partial charge in [0.15, 0.2) is 6.29 Å². The normalized spacial score (nSPS) is 21.4. The van der Waals surface area contributed by atoms with Gasteiger partial charge in [0.05, 0.1) is 0 Å². The fourth-order valence-corrected chi connectivity index (χ4v) is 4.60. The average Bonchev–Trinajstić information content (AvgIpc) is 2.99. The molecule has 1 fully saturated rings. The first-order chi connectivity index (χ1) is 13.2. The lowest BCUT2D eigenvalue weighted by atomic mass is 9.81. The second-order valence-corrected chi connectivity index (χ2v) is 7.77. The van der Waals surface area contributed by atoms with Crippen molar-refractivity contribution in [1.29, 1.82) is 0 Å². The van der Waals surface area contributed by atoms with Crippen LogP contribution in [-0.4, -0.2) is 48.6 Å². The molecule has 0 bridgehead atoms. The molecular formula is C23H36N2O2. The van der Waals surface area contributed by atoms with Crippen molar-refractivity contribution in [3.8, 4) is 0 Å². The van der Waals surface area contributed by atoms with Crippen LogP contribution >= 0.6 is 0 Å². The minimum atomic E-state index is -0.0905. The zero-order chi connectivity index (χ0) is 19.2. The topological polar surface area (TPSA) is 26.6 Å². The van der Waals surface area contributed by atoms with Crippen LogP contribution in [0.4, 0.5) is 0 Å². The van der Waals surface area contributed by atoms with Gasteiger partial charge in [-0.25, -0.2) is 0 Å². The smallest absolute Gasteiger partial charge is 0.170 e. The molecule has 1 aromatic carbocycles. The number of rotatable bonds is 9. The summed E-state index contributed by atoms with van der Waals surface area (Å²) in [5, 5.41) is 1.36. The summed E-state index contributed by atoms with van der Waals surface area (Å²) in [7, 11) is 2.21. The highest BCUT2D eigenvalue weighted by Crippen LogP contribution is 2.31. The van der Waals surface area contributed by atoms with Crippen molar-refractivity contribution in [2.45, 2.75) is 46.3 Å². The maximum Gasteiger partial charge on any atom is 0.170 e. The molecule has 2 aromatic rings. The van der Waals surface area contributed by atoms with Gasteiger partial charge in [0.25, 0.3) is 0 Å². The van der Waals surface area contributed by atoms with E-state index in [2.05, 4.69) is 53.8 Å². The molecule has 0 saturated carbocycles. The molecule has 2 heterocycles. The van der Waals surface area contributed by atoms with Crippen molar-refractivity contribution in [3.63, 3.8) is 0 Å². The first-order valence-corrected chi connectivity index (χ1v) is 10.6. The molecule has 0 unspecified atom stereocenters. The van der Waals surface area contributed by atoms with Gasteiger partial charge in [-0.05, 0) is 62.6 Å². The fourth-order valence-electron chi connectivity index (χ4n) is 4.60. The third kappa shape index (κ3) is 4.92. The molecule has 150 valence electrons. The number of para-hydroxylation sites is 1. The Balaban J connectivity index is 1.63. The monoisotopic (exact) mass is 372 g/mol. The minimum Gasteiger partial charge on any atom is -0.352 e. The Labute approximate surface area is 164 Å². The van der Waals surface area contributed by atoms with Crippen LogP contribution in [-0.2, 0) is 22.9 Å². The molecular weight excluding hydrogens is 336 g/mol. The summed E-state index contributed by atoms with van der Waals surface area (Å²) in [6, 6.07) is 11.1. The van der Waals surface area contributed by atoms with Crippen molar-refractivity contribution in [2.24, 2.45) is 18.9 Å². The molecule has 2 atom stereocenters. The van der Waals surface area contributed by atoms with Gasteiger partial charge in [0.2, 0.25) is 0 Å². The highest BCUT2D eigenvalue weighted by Gasteiger charge is 2.30. The Kier molecular flexibility index (Phi) is 7.33. The highest BCUT2D eigenvalue weighted by atomic mass is 16.7. The quantitative estimate of drug-likeness (QED) is 0.608. The summed E-state index contributed by atoms with van der Waals surface area (Å²) in [4.78, 5) is 2.54. The first-order valence-electron chi connectivity index (χ1n) is 10.6. The molecule has 0 radical (unpaired) electrons. The third-order valence-electron chi connectivity index (χ3n) is 6.13. The number of likely N-dealkylation sites (tertiary alicyclic amines) is 1. The van der Waals surface area contributed by atoms with E-state index in [0.29, 0.717) is 13.2 Å². The van der Waals surface area contributed by atoms with E-state index in [1.165, 1.54) is 35.9 Å². The van der Waals surface area contributed by atoms with Crippen molar-refractivity contribution in [2.75, 3.05) is 32.8 Å². The van der Waals surface area contributed by atoms with Crippen LogP contribution in [0.25, 0.3) is 10.9 Å². The summed E-state index contributed by atoms with van der Waals surface area (Å²) >= 11 is 0. The van der Waals surface area contributed by atoms with Gasteiger partial charge in [-0.15, -0.1) is 0 Å². The number of fused-ring (bicyclic) bond motifs is 1. The van der Waals surface area contributed by atoms with Crippen LogP contribution in [0.3, 0.4) is 0 Å². The Hall–Kier alpha value is -1.36. The Morgan fingerprint density at radius 1 is 1.07 bits per heavy atom. The number of benzene rings is 1. The SMILES string of the molecule is CCOC(CN1CC[C@@H](Cc2cc3ccccc3n2C)[C@@H](CC)C1)OCC. The standard InChI is InChI=1S/C23H36N2O2/c1-5-18-16-25(17-23(26-6-2)27-7-3)13-12-19(18)14-21-15-20-10-8-9-11-22(20)24(21)4/h8-11,15,18-19,23H,5-7,12-14,16-17H2,1-4H3/t18-,19-/m0/s1. The maximum absolute atomic E-state index is 5.76.